The molecule has 2 rings (SSSR count). The molecule has 0 N–H and O–H groups in total. The fourth-order valence-corrected chi connectivity index (χ4v) is 2.49. The first kappa shape index (κ1) is 12.1. The van der Waals surface area contributed by atoms with Crippen LogP contribution in [0.2, 0.25) is 0 Å². The van der Waals surface area contributed by atoms with Crippen LogP contribution in [0, 0.1) is 18.8 Å². The topological polar surface area (TPSA) is 17.1 Å². The van der Waals surface area contributed by atoms with Crippen molar-refractivity contribution < 1.29 is 4.79 Å². The molecule has 0 heterocycles. The van der Waals surface area contributed by atoms with Gasteiger partial charge in [0.25, 0.3) is 0 Å². The summed E-state index contributed by atoms with van der Waals surface area (Å²) in [6.45, 7) is 2.12. The maximum Gasteiger partial charge on any atom is 0.123 e. The van der Waals surface area contributed by atoms with E-state index in [2.05, 4.69) is 43.3 Å². The Kier molecular flexibility index (Phi) is 4.13. The van der Waals surface area contributed by atoms with Gasteiger partial charge in [0.05, 0.1) is 0 Å². The number of carbonyl (C=O) groups excluding carboxylic acids is 1. The van der Waals surface area contributed by atoms with Crippen LogP contribution in [0.4, 0.5) is 0 Å². The van der Waals surface area contributed by atoms with E-state index in [1.165, 1.54) is 11.1 Å². The maximum absolute atomic E-state index is 10.7. The van der Waals surface area contributed by atoms with Gasteiger partial charge in [0, 0.05) is 5.92 Å². The Bertz CT molecular complexity index is 398. The van der Waals surface area contributed by atoms with E-state index in [1.54, 1.807) is 0 Å². The third-order valence-corrected chi connectivity index (χ3v) is 3.61. The summed E-state index contributed by atoms with van der Waals surface area (Å²) in [6.07, 6.45) is 10.1. The van der Waals surface area contributed by atoms with Gasteiger partial charge in [-0.15, -0.1) is 0 Å². The number of hydrogen-bond donors (Lipinski definition) is 0. The van der Waals surface area contributed by atoms with E-state index in [0.29, 0.717) is 11.8 Å². The van der Waals surface area contributed by atoms with Crippen molar-refractivity contribution in [3.63, 3.8) is 0 Å². The molecule has 0 unspecified atom stereocenters. The van der Waals surface area contributed by atoms with Crippen molar-refractivity contribution in [2.75, 3.05) is 0 Å². The number of hydrogen-bond acceptors (Lipinski definition) is 1. The number of aryl methyl sites for hydroxylation is 1. The van der Waals surface area contributed by atoms with Crippen molar-refractivity contribution in [2.45, 2.75) is 32.6 Å². The Morgan fingerprint density at radius 3 is 2.47 bits per heavy atom. The Labute approximate surface area is 104 Å². The highest BCUT2D eigenvalue weighted by Gasteiger charge is 2.18. The largest absolute Gasteiger partial charge is 0.303 e. The van der Waals surface area contributed by atoms with Gasteiger partial charge >= 0.3 is 0 Å². The minimum atomic E-state index is 0.318. The third-order valence-electron chi connectivity index (χ3n) is 3.61. The summed E-state index contributed by atoms with van der Waals surface area (Å²) in [6, 6.07) is 8.55. The minimum Gasteiger partial charge on any atom is -0.303 e. The average molecular weight is 228 g/mol. The van der Waals surface area contributed by atoms with Crippen LogP contribution in [0.15, 0.2) is 30.3 Å². The number of aldehydes is 1. The molecule has 1 aromatic rings. The van der Waals surface area contributed by atoms with Crippen LogP contribution in [-0.4, -0.2) is 6.29 Å². The Hall–Kier alpha value is -1.37. The van der Waals surface area contributed by atoms with Gasteiger partial charge < -0.3 is 4.79 Å². The molecule has 1 aliphatic carbocycles. The van der Waals surface area contributed by atoms with E-state index >= 15 is 0 Å². The molecule has 0 atom stereocenters. The zero-order valence-electron chi connectivity index (χ0n) is 10.4. The van der Waals surface area contributed by atoms with Crippen LogP contribution in [-0.2, 0) is 4.79 Å². The molecule has 1 heteroatoms. The van der Waals surface area contributed by atoms with Crippen LogP contribution in [0.5, 0.6) is 0 Å². The zero-order chi connectivity index (χ0) is 12.1. The van der Waals surface area contributed by atoms with Crippen molar-refractivity contribution in [1.82, 2.24) is 0 Å². The third kappa shape index (κ3) is 3.55. The van der Waals surface area contributed by atoms with E-state index < -0.39 is 0 Å². The highest BCUT2D eigenvalue weighted by molar-refractivity contribution is 5.54. The molecule has 1 aliphatic rings. The molecule has 90 valence electrons. The van der Waals surface area contributed by atoms with Crippen LogP contribution in [0.3, 0.4) is 0 Å². The molecule has 17 heavy (non-hydrogen) atoms. The molecular weight excluding hydrogens is 208 g/mol. The van der Waals surface area contributed by atoms with Crippen LogP contribution in [0.25, 0.3) is 6.08 Å². The lowest BCUT2D eigenvalue weighted by Crippen LogP contribution is -2.13. The molecule has 1 saturated carbocycles. The lowest BCUT2D eigenvalue weighted by Gasteiger charge is -2.22. The zero-order valence-corrected chi connectivity index (χ0v) is 10.4. The number of rotatable bonds is 3. The second-order valence-corrected chi connectivity index (χ2v) is 5.08. The molecule has 0 spiro atoms. The molecule has 0 bridgehead atoms. The SMILES string of the molecule is Cc1cccc(/C=C/C2CCC(C=O)CC2)c1. The smallest absolute Gasteiger partial charge is 0.123 e. The van der Waals surface area contributed by atoms with Crippen molar-refractivity contribution in [1.29, 1.82) is 0 Å². The highest BCUT2D eigenvalue weighted by Crippen LogP contribution is 2.28. The molecule has 1 nitrogen and oxygen atoms in total. The lowest BCUT2D eigenvalue weighted by atomic mass is 9.82. The van der Waals surface area contributed by atoms with Gasteiger partial charge in [0.15, 0.2) is 0 Å². The van der Waals surface area contributed by atoms with Crippen molar-refractivity contribution in [3.8, 4) is 0 Å². The molecule has 0 saturated heterocycles. The van der Waals surface area contributed by atoms with Gasteiger partial charge in [-0.3, -0.25) is 0 Å². The molecule has 0 aliphatic heterocycles. The maximum atomic E-state index is 10.7. The predicted octanol–water partition coefficient (Wildman–Crippen LogP) is 4.01. The monoisotopic (exact) mass is 228 g/mol. The summed E-state index contributed by atoms with van der Waals surface area (Å²) >= 11 is 0. The van der Waals surface area contributed by atoms with Gasteiger partial charge in [0.1, 0.15) is 6.29 Å². The molecule has 1 fully saturated rings. The van der Waals surface area contributed by atoms with Crippen LogP contribution >= 0.6 is 0 Å². The molecule has 0 aromatic heterocycles. The highest BCUT2D eigenvalue weighted by atomic mass is 16.1. The standard InChI is InChI=1S/C16H20O/c1-13-3-2-4-15(11-13)8-5-14-6-9-16(12-17)10-7-14/h2-5,8,11-12,14,16H,6-7,9-10H2,1H3/b8-5+. The fourth-order valence-electron chi connectivity index (χ4n) is 2.49. The first-order valence-electron chi connectivity index (χ1n) is 6.48. The summed E-state index contributed by atoms with van der Waals surface area (Å²) < 4.78 is 0. The van der Waals surface area contributed by atoms with E-state index in [4.69, 9.17) is 0 Å². The Morgan fingerprint density at radius 2 is 1.82 bits per heavy atom. The first-order chi connectivity index (χ1) is 8.28. The van der Waals surface area contributed by atoms with Gasteiger partial charge in [-0.2, -0.15) is 0 Å². The number of allylic oxidation sites excluding steroid dienone is 1. The Morgan fingerprint density at radius 1 is 1.12 bits per heavy atom. The predicted molar refractivity (Wildman–Crippen MR) is 71.7 cm³/mol. The summed E-state index contributed by atoms with van der Waals surface area (Å²) in [7, 11) is 0. The van der Waals surface area contributed by atoms with Gasteiger partial charge in [-0.25, -0.2) is 0 Å². The summed E-state index contributed by atoms with van der Waals surface area (Å²) in [5.74, 6) is 0.977. The minimum absolute atomic E-state index is 0.318. The van der Waals surface area contributed by atoms with E-state index in [0.717, 1.165) is 32.0 Å². The van der Waals surface area contributed by atoms with Gasteiger partial charge in [-0.05, 0) is 44.1 Å². The van der Waals surface area contributed by atoms with Crippen LogP contribution < -0.4 is 0 Å². The quantitative estimate of drug-likeness (QED) is 0.714. The van der Waals surface area contributed by atoms with Gasteiger partial charge in [-0.1, -0.05) is 42.0 Å². The normalized spacial score (nSPS) is 25.0. The summed E-state index contributed by atoms with van der Waals surface area (Å²) in [5, 5.41) is 0. The second-order valence-electron chi connectivity index (χ2n) is 5.08. The lowest BCUT2D eigenvalue weighted by molar-refractivity contribution is -0.112. The summed E-state index contributed by atoms with van der Waals surface area (Å²) in [5.41, 5.74) is 2.58. The van der Waals surface area contributed by atoms with E-state index in [9.17, 15) is 4.79 Å². The van der Waals surface area contributed by atoms with Gasteiger partial charge in [0.2, 0.25) is 0 Å². The van der Waals surface area contributed by atoms with E-state index in [1.807, 2.05) is 0 Å². The first-order valence-corrected chi connectivity index (χ1v) is 6.48. The van der Waals surface area contributed by atoms with E-state index in [-0.39, 0.29) is 0 Å². The molecular formula is C16H20O. The fraction of sp³-hybridized carbons (Fsp3) is 0.438. The number of benzene rings is 1. The number of carbonyl (C=O) groups is 1. The van der Waals surface area contributed by atoms with Crippen molar-refractivity contribution in [2.24, 2.45) is 11.8 Å². The Balaban J connectivity index is 1.91. The van der Waals surface area contributed by atoms with Crippen LogP contribution in [0.1, 0.15) is 36.8 Å². The molecule has 1 aromatic carbocycles. The van der Waals surface area contributed by atoms with Crippen molar-refractivity contribution in [3.05, 3.63) is 41.5 Å². The molecule has 0 amide bonds. The summed E-state index contributed by atoms with van der Waals surface area (Å²) in [4.78, 5) is 10.7. The molecule has 0 radical (unpaired) electrons. The van der Waals surface area contributed by atoms with Crippen molar-refractivity contribution >= 4 is 12.4 Å². The average Bonchev–Trinajstić information content (AvgIpc) is 2.37. The second kappa shape index (κ2) is 5.81.